The van der Waals surface area contributed by atoms with Crippen LogP contribution in [-0.4, -0.2) is 19.6 Å². The van der Waals surface area contributed by atoms with Crippen LogP contribution in [-0.2, 0) is 0 Å². The lowest BCUT2D eigenvalue weighted by Crippen LogP contribution is -2.31. The first-order chi connectivity index (χ1) is 11.1. The Kier molecular flexibility index (Phi) is 5.98. The molecular weight excluding hydrogens is 282 g/mol. The number of hydrogen-bond donors (Lipinski definition) is 2. The molecule has 0 aliphatic carbocycles. The monoisotopic (exact) mass is 307 g/mol. The molecule has 0 unspecified atom stereocenters. The van der Waals surface area contributed by atoms with Gasteiger partial charge >= 0.3 is 0 Å². The van der Waals surface area contributed by atoms with Crippen LogP contribution in [0.2, 0.25) is 0 Å². The van der Waals surface area contributed by atoms with Crippen molar-refractivity contribution in [2.45, 2.75) is 20.3 Å². The third-order valence-corrected chi connectivity index (χ3v) is 3.91. The molecule has 3 nitrogen and oxygen atoms in total. The van der Waals surface area contributed by atoms with Crippen molar-refractivity contribution in [1.29, 1.82) is 0 Å². The van der Waals surface area contributed by atoms with Gasteiger partial charge in [-0.15, -0.1) is 0 Å². The summed E-state index contributed by atoms with van der Waals surface area (Å²) in [6.45, 7) is 5.08. The van der Waals surface area contributed by atoms with Gasteiger partial charge in [0.05, 0.1) is 0 Å². The molecule has 0 saturated heterocycles. The molecule has 0 heterocycles. The van der Waals surface area contributed by atoms with Crippen LogP contribution >= 0.6 is 0 Å². The highest BCUT2D eigenvalue weighted by Crippen LogP contribution is 2.28. The highest BCUT2D eigenvalue weighted by atomic mass is 15.1. The fourth-order valence-electron chi connectivity index (χ4n) is 2.61. The lowest BCUT2D eigenvalue weighted by Gasteiger charge is -2.14. The largest absolute Gasteiger partial charge is 0.370 e. The molecule has 0 radical (unpaired) electrons. The molecule has 0 fully saturated rings. The number of hydrogen-bond acceptors (Lipinski definition) is 1. The molecule has 0 spiro atoms. The second-order valence-electron chi connectivity index (χ2n) is 5.57. The second-order valence-corrected chi connectivity index (χ2v) is 5.57. The predicted molar refractivity (Wildman–Crippen MR) is 99.6 cm³/mol. The van der Waals surface area contributed by atoms with Crippen molar-refractivity contribution < 1.29 is 0 Å². The van der Waals surface area contributed by atoms with Crippen molar-refractivity contribution in [2.75, 3.05) is 13.6 Å². The van der Waals surface area contributed by atoms with Gasteiger partial charge in [0.1, 0.15) is 0 Å². The smallest absolute Gasteiger partial charge is 0.188 e. The van der Waals surface area contributed by atoms with Crippen LogP contribution in [0.5, 0.6) is 0 Å². The van der Waals surface area contributed by atoms with E-state index in [1.165, 1.54) is 27.8 Å². The van der Waals surface area contributed by atoms with Gasteiger partial charge in [-0.05, 0) is 48.1 Å². The molecule has 0 bridgehead atoms. The molecule has 120 valence electrons. The minimum atomic E-state index is 0.478. The van der Waals surface area contributed by atoms with E-state index in [0.717, 1.165) is 13.0 Å². The van der Waals surface area contributed by atoms with Gasteiger partial charge < -0.3 is 11.1 Å². The third kappa shape index (κ3) is 4.46. The molecule has 0 amide bonds. The minimum absolute atomic E-state index is 0.478. The summed E-state index contributed by atoms with van der Waals surface area (Å²) in [5.41, 5.74) is 12.1. The van der Waals surface area contributed by atoms with Crippen LogP contribution in [0.15, 0.2) is 59.6 Å². The van der Waals surface area contributed by atoms with Gasteiger partial charge in [0.25, 0.3) is 0 Å². The molecule has 0 aromatic heterocycles. The first kappa shape index (κ1) is 16.8. The number of nitrogens with two attached hydrogens (primary N) is 1. The maximum atomic E-state index is 5.68. The van der Waals surface area contributed by atoms with Crippen LogP contribution < -0.4 is 11.1 Å². The zero-order valence-corrected chi connectivity index (χ0v) is 14.1. The van der Waals surface area contributed by atoms with Crippen LogP contribution in [0, 0.1) is 13.8 Å². The molecular formula is C20H25N3. The van der Waals surface area contributed by atoms with E-state index in [1.807, 2.05) is 0 Å². The topological polar surface area (TPSA) is 50.4 Å². The Balaban J connectivity index is 2.33. The molecule has 0 aliphatic rings. The first-order valence-corrected chi connectivity index (χ1v) is 7.91. The van der Waals surface area contributed by atoms with E-state index in [9.17, 15) is 0 Å². The number of benzene rings is 2. The van der Waals surface area contributed by atoms with E-state index in [2.05, 4.69) is 78.8 Å². The quantitative estimate of drug-likeness (QED) is 0.503. The fourth-order valence-corrected chi connectivity index (χ4v) is 2.61. The number of nitrogens with one attached hydrogen (secondary N) is 1. The van der Waals surface area contributed by atoms with Gasteiger partial charge in [-0.25, -0.2) is 0 Å². The number of rotatable bonds is 5. The molecule has 2 aromatic rings. The molecule has 23 heavy (non-hydrogen) atoms. The summed E-state index contributed by atoms with van der Waals surface area (Å²) in [5.74, 6) is 0.478. The maximum absolute atomic E-state index is 5.68. The number of guanidine groups is 1. The van der Waals surface area contributed by atoms with Crippen molar-refractivity contribution in [2.24, 2.45) is 10.7 Å². The second kappa shape index (κ2) is 8.18. The average molecular weight is 307 g/mol. The van der Waals surface area contributed by atoms with E-state index in [1.54, 1.807) is 7.05 Å². The van der Waals surface area contributed by atoms with Crippen molar-refractivity contribution >= 4 is 11.5 Å². The SMILES string of the molecule is CN=C(N)NCCC=C(c1ccccc1C)c1ccccc1C. The van der Waals surface area contributed by atoms with E-state index in [-0.39, 0.29) is 0 Å². The zero-order chi connectivity index (χ0) is 16.7. The van der Waals surface area contributed by atoms with Crippen molar-refractivity contribution in [1.82, 2.24) is 5.32 Å². The molecule has 0 saturated carbocycles. The third-order valence-electron chi connectivity index (χ3n) is 3.91. The Morgan fingerprint density at radius 3 is 2.00 bits per heavy atom. The standard InChI is InChI=1S/C20H25N3/c1-15-9-4-6-11-17(15)19(13-8-14-23-20(21)22-3)18-12-7-5-10-16(18)2/h4-7,9-13H,8,14H2,1-3H3,(H3,21,22,23). The molecule has 3 heteroatoms. The molecule has 0 atom stereocenters. The van der Waals surface area contributed by atoms with Gasteiger partial charge in [0, 0.05) is 13.6 Å². The Morgan fingerprint density at radius 1 is 1.00 bits per heavy atom. The molecule has 0 aliphatic heterocycles. The van der Waals surface area contributed by atoms with Gasteiger partial charge in [-0.1, -0.05) is 54.6 Å². The highest BCUT2D eigenvalue weighted by Gasteiger charge is 2.09. The lowest BCUT2D eigenvalue weighted by molar-refractivity contribution is 0.879. The zero-order valence-electron chi connectivity index (χ0n) is 14.1. The van der Waals surface area contributed by atoms with Gasteiger partial charge in [-0.3, -0.25) is 4.99 Å². The molecule has 3 N–H and O–H groups in total. The van der Waals surface area contributed by atoms with Crippen LogP contribution in [0.4, 0.5) is 0 Å². The highest BCUT2D eigenvalue weighted by molar-refractivity contribution is 5.83. The maximum Gasteiger partial charge on any atom is 0.188 e. The number of aliphatic imine (C=N–C) groups is 1. The number of aryl methyl sites for hydroxylation is 2. The van der Waals surface area contributed by atoms with Crippen molar-refractivity contribution in [3.63, 3.8) is 0 Å². The molecule has 2 rings (SSSR count). The van der Waals surface area contributed by atoms with E-state index >= 15 is 0 Å². The predicted octanol–water partition coefficient (Wildman–Crippen LogP) is 3.66. The van der Waals surface area contributed by atoms with Gasteiger partial charge in [0.2, 0.25) is 0 Å². The van der Waals surface area contributed by atoms with Crippen molar-refractivity contribution in [3.8, 4) is 0 Å². The minimum Gasteiger partial charge on any atom is -0.370 e. The lowest BCUT2D eigenvalue weighted by atomic mass is 9.91. The Morgan fingerprint density at radius 2 is 1.52 bits per heavy atom. The van der Waals surface area contributed by atoms with Crippen LogP contribution in [0.3, 0.4) is 0 Å². The number of nitrogens with zero attached hydrogens (tertiary/aromatic N) is 1. The van der Waals surface area contributed by atoms with Crippen LogP contribution in [0.1, 0.15) is 28.7 Å². The first-order valence-electron chi connectivity index (χ1n) is 7.91. The molecule has 2 aromatic carbocycles. The summed E-state index contributed by atoms with van der Waals surface area (Å²) >= 11 is 0. The Bertz CT molecular complexity index is 667. The summed E-state index contributed by atoms with van der Waals surface area (Å²) in [6.07, 6.45) is 3.16. The van der Waals surface area contributed by atoms with E-state index < -0.39 is 0 Å². The Hall–Kier alpha value is -2.55. The normalized spacial score (nSPS) is 11.2. The van der Waals surface area contributed by atoms with Gasteiger partial charge in [-0.2, -0.15) is 0 Å². The van der Waals surface area contributed by atoms with Gasteiger partial charge in [0.15, 0.2) is 5.96 Å². The average Bonchev–Trinajstić information content (AvgIpc) is 2.56. The summed E-state index contributed by atoms with van der Waals surface area (Å²) < 4.78 is 0. The van der Waals surface area contributed by atoms with Crippen LogP contribution in [0.25, 0.3) is 5.57 Å². The van der Waals surface area contributed by atoms with E-state index in [0.29, 0.717) is 5.96 Å². The fraction of sp³-hybridized carbons (Fsp3) is 0.250. The summed E-state index contributed by atoms with van der Waals surface area (Å²) in [7, 11) is 1.68. The summed E-state index contributed by atoms with van der Waals surface area (Å²) in [5, 5.41) is 3.10. The van der Waals surface area contributed by atoms with E-state index in [4.69, 9.17) is 5.73 Å². The summed E-state index contributed by atoms with van der Waals surface area (Å²) in [6, 6.07) is 17.0. The van der Waals surface area contributed by atoms with Crippen molar-refractivity contribution in [3.05, 3.63) is 76.9 Å². The Labute approximate surface area is 139 Å². The summed E-state index contributed by atoms with van der Waals surface area (Å²) in [4.78, 5) is 3.91.